The van der Waals surface area contributed by atoms with Crippen molar-refractivity contribution < 1.29 is 19.1 Å². The molecule has 2 aromatic carbocycles. The highest BCUT2D eigenvalue weighted by Crippen LogP contribution is 2.17. The van der Waals surface area contributed by atoms with Crippen LogP contribution < -0.4 is 10.9 Å². The van der Waals surface area contributed by atoms with Gasteiger partial charge in [-0.1, -0.05) is 31.2 Å². The van der Waals surface area contributed by atoms with Crippen LogP contribution in [-0.4, -0.2) is 16.9 Å². The quantitative estimate of drug-likeness (QED) is 0.736. The number of aliphatic hydroxyl groups is 1. The first-order valence-corrected chi connectivity index (χ1v) is 7.61. The van der Waals surface area contributed by atoms with Gasteiger partial charge in [0, 0.05) is 5.56 Å². The summed E-state index contributed by atoms with van der Waals surface area (Å²) in [5.74, 6) is -1.52. The lowest BCUT2D eigenvalue weighted by molar-refractivity contribution is -0.123. The predicted molar refractivity (Wildman–Crippen MR) is 87.4 cm³/mol. The van der Waals surface area contributed by atoms with Crippen LogP contribution in [0.2, 0.25) is 0 Å². The van der Waals surface area contributed by atoms with Crippen LogP contribution >= 0.6 is 0 Å². The van der Waals surface area contributed by atoms with Crippen LogP contribution in [0.1, 0.15) is 40.9 Å². The summed E-state index contributed by atoms with van der Waals surface area (Å²) < 4.78 is 13.1. The van der Waals surface area contributed by atoms with E-state index in [1.54, 1.807) is 12.1 Å². The Kier molecular flexibility index (Phi) is 6.03. The second kappa shape index (κ2) is 8.21. The summed E-state index contributed by atoms with van der Waals surface area (Å²) in [4.78, 5) is 23.7. The summed E-state index contributed by atoms with van der Waals surface area (Å²) >= 11 is 0. The lowest BCUT2D eigenvalue weighted by Crippen LogP contribution is -2.42. The van der Waals surface area contributed by atoms with Crippen LogP contribution in [0.4, 0.5) is 4.39 Å². The number of amides is 2. The molecule has 0 radical (unpaired) electrons. The normalized spacial score (nSPS) is 11.6. The second-order valence-electron chi connectivity index (χ2n) is 5.33. The molecule has 3 N–H and O–H groups in total. The van der Waals surface area contributed by atoms with Crippen molar-refractivity contribution in [2.24, 2.45) is 0 Å². The molecule has 1 atom stereocenters. The average Bonchev–Trinajstić information content (AvgIpc) is 2.59. The average molecular weight is 330 g/mol. The molecule has 2 aromatic rings. The van der Waals surface area contributed by atoms with Crippen molar-refractivity contribution in [1.82, 2.24) is 10.9 Å². The van der Waals surface area contributed by atoms with Gasteiger partial charge in [-0.25, -0.2) is 4.39 Å². The van der Waals surface area contributed by atoms with Gasteiger partial charge in [-0.3, -0.25) is 20.4 Å². The predicted octanol–water partition coefficient (Wildman–Crippen LogP) is 2.27. The van der Waals surface area contributed by atoms with Gasteiger partial charge >= 0.3 is 0 Å². The fourth-order valence-corrected chi connectivity index (χ4v) is 2.15. The third-order valence-electron chi connectivity index (χ3n) is 3.55. The van der Waals surface area contributed by atoms with Crippen LogP contribution in [0.25, 0.3) is 0 Å². The number of halogens is 1. The maximum Gasteiger partial charge on any atom is 0.269 e. The van der Waals surface area contributed by atoms with E-state index in [9.17, 15) is 19.1 Å². The summed E-state index contributed by atoms with van der Waals surface area (Å²) in [6.07, 6.45) is -0.573. The lowest BCUT2D eigenvalue weighted by Gasteiger charge is -2.12. The molecule has 0 aliphatic heterocycles. The highest BCUT2D eigenvalue weighted by Gasteiger charge is 2.14. The molecular formula is C18H19FN2O3. The van der Waals surface area contributed by atoms with E-state index in [2.05, 4.69) is 10.9 Å². The number of hydrogen-bond donors (Lipinski definition) is 3. The fourth-order valence-electron chi connectivity index (χ4n) is 2.15. The monoisotopic (exact) mass is 330 g/mol. The Morgan fingerprint density at radius 2 is 1.83 bits per heavy atom. The van der Waals surface area contributed by atoms with Gasteiger partial charge in [0.05, 0.1) is 12.5 Å². The SMILES string of the molecule is CCc1ccc(C(=O)NNC(=O)CC(O)c2cccc(F)c2)cc1. The Labute approximate surface area is 139 Å². The van der Waals surface area contributed by atoms with E-state index in [1.165, 1.54) is 18.2 Å². The maximum atomic E-state index is 13.1. The van der Waals surface area contributed by atoms with Gasteiger partial charge in [0.2, 0.25) is 5.91 Å². The molecule has 2 rings (SSSR count). The number of rotatable bonds is 5. The zero-order chi connectivity index (χ0) is 17.5. The zero-order valence-electron chi connectivity index (χ0n) is 13.3. The molecule has 0 spiro atoms. The fraction of sp³-hybridized carbons (Fsp3) is 0.222. The van der Waals surface area contributed by atoms with Crippen LogP contribution in [0.15, 0.2) is 48.5 Å². The third-order valence-corrected chi connectivity index (χ3v) is 3.55. The van der Waals surface area contributed by atoms with Crippen molar-refractivity contribution >= 4 is 11.8 Å². The number of carbonyl (C=O) groups excluding carboxylic acids is 2. The van der Waals surface area contributed by atoms with E-state index in [0.717, 1.165) is 18.1 Å². The molecule has 24 heavy (non-hydrogen) atoms. The molecule has 0 heterocycles. The van der Waals surface area contributed by atoms with Crippen molar-refractivity contribution in [3.63, 3.8) is 0 Å². The van der Waals surface area contributed by atoms with Gasteiger partial charge in [0.1, 0.15) is 5.82 Å². The molecular weight excluding hydrogens is 311 g/mol. The van der Waals surface area contributed by atoms with Gasteiger partial charge < -0.3 is 5.11 Å². The van der Waals surface area contributed by atoms with Crippen LogP contribution in [0, 0.1) is 5.82 Å². The number of benzene rings is 2. The van der Waals surface area contributed by atoms with Gasteiger partial charge in [-0.05, 0) is 41.8 Å². The smallest absolute Gasteiger partial charge is 0.269 e. The maximum absolute atomic E-state index is 13.1. The summed E-state index contributed by atoms with van der Waals surface area (Å²) in [5.41, 5.74) is 6.33. The van der Waals surface area contributed by atoms with E-state index in [-0.39, 0.29) is 6.42 Å². The Balaban J connectivity index is 1.84. The minimum absolute atomic E-state index is 0.293. The standard InChI is InChI=1S/C18H19FN2O3/c1-2-12-6-8-13(9-7-12)18(24)21-20-17(23)11-16(22)14-4-3-5-15(19)10-14/h3-10,16,22H,2,11H2,1H3,(H,20,23)(H,21,24). The minimum Gasteiger partial charge on any atom is -0.388 e. The molecule has 0 aliphatic carbocycles. The summed E-state index contributed by atoms with van der Waals surface area (Å²) in [6, 6.07) is 12.4. The lowest BCUT2D eigenvalue weighted by atomic mass is 10.1. The molecule has 0 saturated carbocycles. The highest BCUT2D eigenvalue weighted by atomic mass is 19.1. The van der Waals surface area contributed by atoms with Crippen molar-refractivity contribution in [3.05, 3.63) is 71.0 Å². The largest absolute Gasteiger partial charge is 0.388 e. The van der Waals surface area contributed by atoms with Gasteiger partial charge in [0.15, 0.2) is 0 Å². The Morgan fingerprint density at radius 3 is 2.46 bits per heavy atom. The molecule has 6 heteroatoms. The number of hydrogen-bond acceptors (Lipinski definition) is 3. The van der Waals surface area contributed by atoms with Crippen LogP contribution in [0.5, 0.6) is 0 Å². The third kappa shape index (κ3) is 4.89. The summed E-state index contributed by atoms with van der Waals surface area (Å²) in [7, 11) is 0. The van der Waals surface area contributed by atoms with Crippen molar-refractivity contribution in [3.8, 4) is 0 Å². The highest BCUT2D eigenvalue weighted by molar-refractivity contribution is 5.95. The number of aliphatic hydroxyl groups excluding tert-OH is 1. The first-order chi connectivity index (χ1) is 11.5. The number of carbonyl (C=O) groups is 2. The Bertz CT molecular complexity index is 716. The zero-order valence-corrected chi connectivity index (χ0v) is 13.3. The van der Waals surface area contributed by atoms with E-state index in [1.807, 2.05) is 19.1 Å². The topological polar surface area (TPSA) is 78.4 Å². The molecule has 0 aromatic heterocycles. The summed E-state index contributed by atoms with van der Waals surface area (Å²) in [6.45, 7) is 2.01. The van der Waals surface area contributed by atoms with Crippen molar-refractivity contribution in [2.75, 3.05) is 0 Å². The van der Waals surface area contributed by atoms with Gasteiger partial charge in [-0.15, -0.1) is 0 Å². The minimum atomic E-state index is -1.15. The Hall–Kier alpha value is -2.73. The second-order valence-corrected chi connectivity index (χ2v) is 5.33. The van der Waals surface area contributed by atoms with E-state index >= 15 is 0 Å². The number of hydrazine groups is 1. The summed E-state index contributed by atoms with van der Waals surface area (Å²) in [5, 5.41) is 9.92. The van der Waals surface area contributed by atoms with Crippen molar-refractivity contribution in [1.29, 1.82) is 0 Å². The van der Waals surface area contributed by atoms with E-state index in [4.69, 9.17) is 0 Å². The molecule has 0 aliphatic rings. The number of nitrogens with one attached hydrogen (secondary N) is 2. The van der Waals surface area contributed by atoms with E-state index < -0.39 is 23.7 Å². The van der Waals surface area contributed by atoms with Crippen molar-refractivity contribution in [2.45, 2.75) is 25.9 Å². The number of aryl methyl sites for hydroxylation is 1. The van der Waals surface area contributed by atoms with Crippen LogP contribution in [0.3, 0.4) is 0 Å². The Morgan fingerprint density at radius 1 is 1.12 bits per heavy atom. The van der Waals surface area contributed by atoms with E-state index in [0.29, 0.717) is 11.1 Å². The first kappa shape index (κ1) is 17.6. The molecule has 2 amide bonds. The molecule has 126 valence electrons. The molecule has 0 fully saturated rings. The molecule has 0 bridgehead atoms. The van der Waals surface area contributed by atoms with Gasteiger partial charge in [-0.2, -0.15) is 0 Å². The van der Waals surface area contributed by atoms with Crippen LogP contribution in [-0.2, 0) is 11.2 Å². The molecule has 5 nitrogen and oxygen atoms in total. The molecule has 0 saturated heterocycles. The van der Waals surface area contributed by atoms with Gasteiger partial charge in [0.25, 0.3) is 5.91 Å². The first-order valence-electron chi connectivity index (χ1n) is 7.61. The molecule has 1 unspecified atom stereocenters.